The summed E-state index contributed by atoms with van der Waals surface area (Å²) in [5.41, 5.74) is 1.31. The van der Waals surface area contributed by atoms with Crippen LogP contribution in [0, 0.1) is 18.3 Å². The summed E-state index contributed by atoms with van der Waals surface area (Å²) in [6.07, 6.45) is -0.391. The molecule has 1 aromatic carbocycles. The van der Waals surface area contributed by atoms with Crippen molar-refractivity contribution in [3.63, 3.8) is 0 Å². The fourth-order valence-electron chi connectivity index (χ4n) is 2.12. The Balaban J connectivity index is 2.43. The van der Waals surface area contributed by atoms with Gasteiger partial charge in [0.1, 0.15) is 11.3 Å². The highest BCUT2D eigenvalue weighted by atomic mass is 32.3. The summed E-state index contributed by atoms with van der Waals surface area (Å²) < 4.78 is 34.7. The van der Waals surface area contributed by atoms with Gasteiger partial charge < -0.3 is 4.90 Å². The van der Waals surface area contributed by atoms with E-state index in [4.69, 9.17) is 5.26 Å². The molecule has 1 amide bonds. The molecular weight excluding hydrogens is 271 g/mol. The summed E-state index contributed by atoms with van der Waals surface area (Å²) in [5.74, 6) is -0.492. The van der Waals surface area contributed by atoms with Gasteiger partial charge in [0, 0.05) is 13.0 Å². The second-order valence-electron chi connectivity index (χ2n) is 4.39. The van der Waals surface area contributed by atoms with Crippen LogP contribution in [0.15, 0.2) is 18.2 Å². The number of carbonyl (C=O) groups is 1. The molecule has 1 atom stereocenters. The maximum absolute atomic E-state index is 12.9. The molecular formula is C12H11FN2O3S. The highest BCUT2D eigenvalue weighted by Gasteiger charge is 2.39. The van der Waals surface area contributed by atoms with Gasteiger partial charge in [-0.1, -0.05) is 12.1 Å². The zero-order chi connectivity index (χ0) is 14.2. The molecule has 5 nitrogen and oxygen atoms in total. The predicted octanol–water partition coefficient (Wildman–Crippen LogP) is 1.27. The van der Waals surface area contributed by atoms with Crippen LogP contribution in [0.3, 0.4) is 0 Å². The summed E-state index contributed by atoms with van der Waals surface area (Å²) in [5, 5.41) is 7.74. The molecule has 1 heterocycles. The molecule has 0 saturated carbocycles. The molecule has 1 saturated heterocycles. The number of amides is 1. The first-order chi connectivity index (χ1) is 8.84. The molecule has 0 N–H and O–H groups in total. The smallest absolute Gasteiger partial charge is 0.307 e. The number of carbonyl (C=O) groups excluding carboxylic acids is 1. The van der Waals surface area contributed by atoms with Crippen molar-refractivity contribution in [1.82, 2.24) is 0 Å². The van der Waals surface area contributed by atoms with Crippen molar-refractivity contribution in [2.45, 2.75) is 18.6 Å². The number of nitrogens with zero attached hydrogens (tertiary/aromatic N) is 2. The Morgan fingerprint density at radius 2 is 2.16 bits per heavy atom. The Hall–Kier alpha value is -1.94. The van der Waals surface area contributed by atoms with Crippen molar-refractivity contribution in [2.24, 2.45) is 0 Å². The standard InChI is InChI=1S/C12H11FN2O3S/c1-8-3-2-4-11(10(8)6-14)15-7-9(5-12(15)16)19(13,17)18/h2-4,9H,5,7H2,1H3. The van der Waals surface area contributed by atoms with Crippen LogP contribution in [0.5, 0.6) is 0 Å². The molecule has 0 bridgehead atoms. The van der Waals surface area contributed by atoms with Crippen LogP contribution in [0.1, 0.15) is 17.5 Å². The first-order valence-corrected chi connectivity index (χ1v) is 7.03. The summed E-state index contributed by atoms with van der Waals surface area (Å²) >= 11 is 0. The average molecular weight is 282 g/mol. The van der Waals surface area contributed by atoms with Gasteiger partial charge in [0.05, 0.1) is 11.3 Å². The lowest BCUT2D eigenvalue weighted by molar-refractivity contribution is -0.117. The highest BCUT2D eigenvalue weighted by Crippen LogP contribution is 2.29. The van der Waals surface area contributed by atoms with Crippen molar-refractivity contribution in [3.8, 4) is 6.07 Å². The van der Waals surface area contributed by atoms with E-state index in [1.54, 1.807) is 25.1 Å². The van der Waals surface area contributed by atoms with Gasteiger partial charge in [-0.3, -0.25) is 4.79 Å². The second kappa shape index (κ2) is 4.63. The number of nitriles is 1. The fourth-order valence-corrected chi connectivity index (χ4v) is 2.79. The molecule has 0 spiro atoms. The monoisotopic (exact) mass is 282 g/mol. The number of hydrogen-bond donors (Lipinski definition) is 0. The third-order valence-corrected chi connectivity index (χ3v) is 4.25. The largest absolute Gasteiger partial charge is 0.310 e. The molecule has 2 rings (SSSR count). The van der Waals surface area contributed by atoms with E-state index in [2.05, 4.69) is 0 Å². The van der Waals surface area contributed by atoms with Gasteiger partial charge in [-0.15, -0.1) is 3.89 Å². The molecule has 0 aromatic heterocycles. The zero-order valence-electron chi connectivity index (χ0n) is 10.1. The van der Waals surface area contributed by atoms with Crippen LogP contribution in [-0.4, -0.2) is 26.1 Å². The average Bonchev–Trinajstić information content (AvgIpc) is 2.70. The third-order valence-electron chi connectivity index (χ3n) is 3.14. The lowest BCUT2D eigenvalue weighted by Crippen LogP contribution is -2.27. The van der Waals surface area contributed by atoms with Crippen molar-refractivity contribution in [1.29, 1.82) is 5.26 Å². The van der Waals surface area contributed by atoms with Gasteiger partial charge in [0.25, 0.3) is 0 Å². The van der Waals surface area contributed by atoms with E-state index in [1.807, 2.05) is 6.07 Å². The van der Waals surface area contributed by atoms with Crippen LogP contribution in [-0.2, 0) is 15.0 Å². The van der Waals surface area contributed by atoms with Gasteiger partial charge in [0.2, 0.25) is 5.91 Å². The first kappa shape index (κ1) is 13.5. The van der Waals surface area contributed by atoms with Crippen LogP contribution in [0.25, 0.3) is 0 Å². The molecule has 1 aromatic rings. The van der Waals surface area contributed by atoms with Crippen molar-refractivity contribution in [3.05, 3.63) is 29.3 Å². The predicted molar refractivity (Wildman–Crippen MR) is 66.7 cm³/mol. The van der Waals surface area contributed by atoms with Crippen LogP contribution < -0.4 is 4.90 Å². The van der Waals surface area contributed by atoms with Gasteiger partial charge in [0.15, 0.2) is 0 Å². The third kappa shape index (κ3) is 2.44. The number of aryl methyl sites for hydroxylation is 1. The van der Waals surface area contributed by atoms with E-state index in [1.165, 1.54) is 0 Å². The topological polar surface area (TPSA) is 78.2 Å². The summed E-state index contributed by atoms with van der Waals surface area (Å²) in [6.45, 7) is 1.46. The molecule has 1 unspecified atom stereocenters. The van der Waals surface area contributed by atoms with Crippen LogP contribution in [0.2, 0.25) is 0 Å². The quantitative estimate of drug-likeness (QED) is 0.765. The summed E-state index contributed by atoms with van der Waals surface area (Å²) in [7, 11) is -4.75. The Labute approximate surface area is 110 Å². The number of halogens is 1. The lowest BCUT2D eigenvalue weighted by Gasteiger charge is -2.18. The van der Waals surface area contributed by atoms with E-state index in [9.17, 15) is 17.1 Å². The maximum atomic E-state index is 12.9. The van der Waals surface area contributed by atoms with E-state index < -0.39 is 27.8 Å². The zero-order valence-corrected chi connectivity index (χ0v) is 10.9. The molecule has 1 fully saturated rings. The molecule has 0 aliphatic carbocycles. The van der Waals surface area contributed by atoms with Crippen molar-refractivity contribution in [2.75, 3.05) is 11.4 Å². The number of anilines is 1. The minimum Gasteiger partial charge on any atom is -0.310 e. The molecule has 7 heteroatoms. The highest BCUT2D eigenvalue weighted by molar-refractivity contribution is 7.87. The second-order valence-corrected chi connectivity index (χ2v) is 6.00. The van der Waals surface area contributed by atoms with Gasteiger partial charge in [-0.25, -0.2) is 0 Å². The number of hydrogen-bond acceptors (Lipinski definition) is 4. The molecule has 1 aliphatic heterocycles. The molecule has 100 valence electrons. The van der Waals surface area contributed by atoms with E-state index in [0.29, 0.717) is 16.8 Å². The summed E-state index contributed by atoms with van der Waals surface area (Å²) in [4.78, 5) is 13.0. The van der Waals surface area contributed by atoms with Crippen molar-refractivity contribution >= 4 is 21.8 Å². The number of benzene rings is 1. The Morgan fingerprint density at radius 1 is 1.47 bits per heavy atom. The SMILES string of the molecule is Cc1cccc(N2CC(S(=O)(=O)F)CC2=O)c1C#N. The fraction of sp³-hybridized carbons (Fsp3) is 0.333. The Kier molecular flexibility index (Phi) is 3.28. The molecule has 1 aliphatic rings. The number of rotatable bonds is 2. The lowest BCUT2D eigenvalue weighted by atomic mass is 10.1. The molecule has 0 radical (unpaired) electrons. The summed E-state index contributed by atoms with van der Waals surface area (Å²) in [6, 6.07) is 6.91. The minimum absolute atomic E-state index is 0.254. The Bertz CT molecular complexity index is 679. The van der Waals surface area contributed by atoms with Gasteiger partial charge in [-0.2, -0.15) is 13.7 Å². The minimum atomic E-state index is -4.75. The van der Waals surface area contributed by atoms with Gasteiger partial charge in [-0.05, 0) is 18.6 Å². The van der Waals surface area contributed by atoms with E-state index in [0.717, 1.165) is 4.90 Å². The van der Waals surface area contributed by atoms with E-state index >= 15 is 0 Å². The van der Waals surface area contributed by atoms with Crippen molar-refractivity contribution < 1.29 is 17.1 Å². The Morgan fingerprint density at radius 3 is 2.68 bits per heavy atom. The van der Waals surface area contributed by atoms with Crippen LogP contribution in [0.4, 0.5) is 9.57 Å². The normalized spacial score (nSPS) is 19.5. The maximum Gasteiger partial charge on any atom is 0.307 e. The first-order valence-electron chi connectivity index (χ1n) is 5.58. The molecule has 19 heavy (non-hydrogen) atoms. The van der Waals surface area contributed by atoms with E-state index in [-0.39, 0.29) is 6.54 Å². The van der Waals surface area contributed by atoms with Crippen LogP contribution >= 0.6 is 0 Å². The van der Waals surface area contributed by atoms with Gasteiger partial charge >= 0.3 is 10.2 Å².